The third-order valence-electron chi connectivity index (χ3n) is 4.98. The van der Waals surface area contributed by atoms with Crippen molar-refractivity contribution < 1.29 is 23.1 Å². The molecule has 0 spiro atoms. The predicted molar refractivity (Wildman–Crippen MR) is 129 cm³/mol. The van der Waals surface area contributed by atoms with Crippen LogP contribution in [0.5, 0.6) is 0 Å². The molecule has 0 aliphatic heterocycles. The Hall–Kier alpha value is -3.24. The van der Waals surface area contributed by atoms with Crippen molar-refractivity contribution in [3.05, 3.63) is 71.2 Å². The molecule has 0 aliphatic carbocycles. The number of aromatic nitrogens is 2. The number of carbonyl (C=O) groups is 2. The Morgan fingerprint density at radius 2 is 1.82 bits per heavy atom. The van der Waals surface area contributed by atoms with Crippen molar-refractivity contribution in [2.75, 3.05) is 31.2 Å². The lowest BCUT2D eigenvalue weighted by atomic mass is 10.0. The minimum atomic E-state index is -1.12. The van der Waals surface area contributed by atoms with Gasteiger partial charge in [-0.2, -0.15) is 0 Å². The third kappa shape index (κ3) is 6.64. The van der Waals surface area contributed by atoms with Gasteiger partial charge in [0, 0.05) is 14.0 Å². The Morgan fingerprint density at radius 3 is 2.38 bits per heavy atom. The summed E-state index contributed by atoms with van der Waals surface area (Å²) in [4.78, 5) is 26.7. The molecular weight excluding hydrogens is 459 g/mol. The summed E-state index contributed by atoms with van der Waals surface area (Å²) in [6.45, 7) is 2.03. The standard InChI is InChI=1S/C24H29FN4O4S/c1-15-28-29-22(33-15)13-21(30)27-23(17-8-6-16(7-9-17)14-32-2)24(31)26-20-11-10-18(12-19(20)25)34(3,4)5/h6-12,23H,13-14H2,1-5H3,(H,26,31)(H,27,30). The summed E-state index contributed by atoms with van der Waals surface area (Å²) in [5.41, 5.74) is 1.48. The Bertz CT molecular complexity index is 1160. The van der Waals surface area contributed by atoms with E-state index in [9.17, 15) is 14.0 Å². The molecule has 182 valence electrons. The van der Waals surface area contributed by atoms with Crippen LogP contribution in [0.25, 0.3) is 0 Å². The fraction of sp³-hybridized carbons (Fsp3) is 0.333. The van der Waals surface area contributed by atoms with Gasteiger partial charge in [0.25, 0.3) is 5.91 Å². The van der Waals surface area contributed by atoms with Crippen LogP contribution in [0.3, 0.4) is 0 Å². The first kappa shape index (κ1) is 25.4. The minimum absolute atomic E-state index is 0.0418. The van der Waals surface area contributed by atoms with Gasteiger partial charge in [0.15, 0.2) is 0 Å². The van der Waals surface area contributed by atoms with Crippen molar-refractivity contribution in [2.24, 2.45) is 0 Å². The molecule has 2 amide bonds. The number of benzene rings is 2. The van der Waals surface area contributed by atoms with E-state index in [1.807, 2.05) is 0 Å². The summed E-state index contributed by atoms with van der Waals surface area (Å²) >= 11 is 0. The van der Waals surface area contributed by atoms with Crippen LogP contribution >= 0.6 is 10.0 Å². The second-order valence-corrected chi connectivity index (χ2v) is 12.7. The quantitative estimate of drug-likeness (QED) is 0.475. The zero-order valence-electron chi connectivity index (χ0n) is 19.8. The van der Waals surface area contributed by atoms with Crippen molar-refractivity contribution in [2.45, 2.75) is 30.9 Å². The number of anilines is 1. The highest BCUT2D eigenvalue weighted by atomic mass is 32.3. The fourth-order valence-electron chi connectivity index (χ4n) is 3.21. The molecule has 0 saturated carbocycles. The third-order valence-corrected chi connectivity index (χ3v) is 6.64. The Morgan fingerprint density at radius 1 is 1.12 bits per heavy atom. The molecule has 34 heavy (non-hydrogen) atoms. The highest BCUT2D eigenvalue weighted by Gasteiger charge is 2.25. The van der Waals surface area contributed by atoms with Crippen LogP contribution in [-0.2, 0) is 27.4 Å². The van der Waals surface area contributed by atoms with E-state index in [1.54, 1.807) is 50.4 Å². The van der Waals surface area contributed by atoms with Gasteiger partial charge in [0.1, 0.15) is 18.3 Å². The Balaban J connectivity index is 1.83. The largest absolute Gasteiger partial charge is 0.425 e. The van der Waals surface area contributed by atoms with Crippen LogP contribution < -0.4 is 10.6 Å². The number of hydrogen-bond donors (Lipinski definition) is 2. The first-order chi connectivity index (χ1) is 16.1. The lowest BCUT2D eigenvalue weighted by Gasteiger charge is -2.26. The van der Waals surface area contributed by atoms with Crippen LogP contribution in [0.1, 0.15) is 29.0 Å². The molecular formula is C24H29FN4O4S. The number of nitrogens with zero attached hydrogens (tertiary/aromatic N) is 2. The normalized spacial score (nSPS) is 12.8. The van der Waals surface area contributed by atoms with Crippen LogP contribution in [0.15, 0.2) is 51.8 Å². The molecule has 0 saturated heterocycles. The van der Waals surface area contributed by atoms with Gasteiger partial charge in [0.05, 0.1) is 12.3 Å². The highest BCUT2D eigenvalue weighted by Crippen LogP contribution is 2.45. The summed E-state index contributed by atoms with van der Waals surface area (Å²) in [6, 6.07) is 10.8. The lowest BCUT2D eigenvalue weighted by Crippen LogP contribution is -2.38. The van der Waals surface area contributed by atoms with Crippen molar-refractivity contribution in [3.8, 4) is 0 Å². The topological polar surface area (TPSA) is 106 Å². The second-order valence-electron chi connectivity index (χ2n) is 8.53. The van der Waals surface area contributed by atoms with Crippen LogP contribution in [-0.4, -0.2) is 47.9 Å². The molecule has 1 heterocycles. The monoisotopic (exact) mass is 488 g/mol. The van der Waals surface area contributed by atoms with E-state index in [0.29, 0.717) is 18.1 Å². The van der Waals surface area contributed by atoms with Gasteiger partial charge in [-0.1, -0.05) is 24.3 Å². The number of rotatable bonds is 9. The van der Waals surface area contributed by atoms with E-state index < -0.39 is 33.7 Å². The maximum absolute atomic E-state index is 14.8. The van der Waals surface area contributed by atoms with Crippen molar-refractivity contribution in [1.29, 1.82) is 0 Å². The predicted octanol–water partition coefficient (Wildman–Crippen LogP) is 3.76. The number of carbonyl (C=O) groups excluding carboxylic acids is 2. The second kappa shape index (κ2) is 10.8. The maximum atomic E-state index is 14.8. The zero-order chi connectivity index (χ0) is 24.9. The van der Waals surface area contributed by atoms with Gasteiger partial charge in [-0.25, -0.2) is 14.4 Å². The first-order valence-corrected chi connectivity index (χ1v) is 13.4. The number of nitrogens with one attached hydrogen (secondary N) is 2. The molecule has 8 nitrogen and oxygen atoms in total. The SMILES string of the molecule is COCc1ccc(C(NC(=O)Cc2nnc(C)o2)C(=O)Nc2ccc(S(C)(C)C)cc2F)cc1. The molecule has 1 atom stereocenters. The molecule has 1 aromatic heterocycles. The molecule has 2 N–H and O–H groups in total. The van der Waals surface area contributed by atoms with E-state index in [4.69, 9.17) is 9.15 Å². The molecule has 3 rings (SSSR count). The summed E-state index contributed by atoms with van der Waals surface area (Å²) in [6.07, 6.45) is 5.99. The van der Waals surface area contributed by atoms with E-state index in [-0.39, 0.29) is 18.0 Å². The number of hydrogen-bond acceptors (Lipinski definition) is 6. The molecule has 0 radical (unpaired) electrons. The molecule has 3 aromatic rings. The van der Waals surface area contributed by atoms with Gasteiger partial charge in [-0.15, -0.1) is 10.2 Å². The summed E-state index contributed by atoms with van der Waals surface area (Å²) in [5, 5.41) is 12.8. The maximum Gasteiger partial charge on any atom is 0.251 e. The number of halogens is 1. The van der Waals surface area contributed by atoms with Crippen LogP contribution in [0.2, 0.25) is 0 Å². The van der Waals surface area contributed by atoms with Gasteiger partial charge in [-0.3, -0.25) is 9.59 Å². The summed E-state index contributed by atoms with van der Waals surface area (Å²) < 4.78 is 25.1. The van der Waals surface area contributed by atoms with E-state index >= 15 is 0 Å². The van der Waals surface area contributed by atoms with E-state index in [0.717, 1.165) is 10.5 Å². The molecule has 0 bridgehead atoms. The van der Waals surface area contributed by atoms with Crippen molar-refractivity contribution >= 4 is 27.5 Å². The average molecular weight is 489 g/mol. The zero-order valence-corrected chi connectivity index (χ0v) is 20.7. The van der Waals surface area contributed by atoms with E-state index in [1.165, 1.54) is 6.07 Å². The molecule has 0 fully saturated rings. The van der Waals surface area contributed by atoms with Crippen molar-refractivity contribution in [3.63, 3.8) is 0 Å². The smallest absolute Gasteiger partial charge is 0.251 e. The highest BCUT2D eigenvalue weighted by molar-refractivity contribution is 8.32. The number of aryl methyl sites for hydroxylation is 1. The van der Waals surface area contributed by atoms with Gasteiger partial charge in [-0.05, 0) is 53.0 Å². The summed E-state index contributed by atoms with van der Waals surface area (Å²) in [7, 11) is 0.465. The number of ether oxygens (including phenoxy) is 1. The van der Waals surface area contributed by atoms with Gasteiger partial charge >= 0.3 is 0 Å². The molecule has 0 aliphatic rings. The Labute approximate surface area is 199 Å². The van der Waals surface area contributed by atoms with Crippen molar-refractivity contribution in [1.82, 2.24) is 15.5 Å². The van der Waals surface area contributed by atoms with Gasteiger partial charge < -0.3 is 19.8 Å². The Kier molecular flexibility index (Phi) is 8.06. The van der Waals surface area contributed by atoms with Crippen LogP contribution in [0, 0.1) is 12.7 Å². The lowest BCUT2D eigenvalue weighted by molar-refractivity contribution is -0.126. The van der Waals surface area contributed by atoms with E-state index in [2.05, 4.69) is 39.6 Å². The number of amides is 2. The van der Waals surface area contributed by atoms with Crippen LogP contribution in [0.4, 0.5) is 10.1 Å². The number of methoxy groups -OCH3 is 1. The molecule has 10 heteroatoms. The summed E-state index contributed by atoms with van der Waals surface area (Å²) in [5.74, 6) is -1.13. The fourth-order valence-corrected chi connectivity index (χ4v) is 4.15. The minimum Gasteiger partial charge on any atom is -0.425 e. The van der Waals surface area contributed by atoms with Gasteiger partial charge in [0.2, 0.25) is 17.7 Å². The average Bonchev–Trinajstić information content (AvgIpc) is 3.18. The first-order valence-electron chi connectivity index (χ1n) is 10.5. The molecule has 2 aromatic carbocycles. The molecule has 1 unspecified atom stereocenters.